The molecule has 4 rings (SSSR count). The van der Waals surface area contributed by atoms with Crippen LogP contribution in [0.4, 0.5) is 0 Å². The number of nitrogens with zero attached hydrogens (tertiary/aromatic N) is 4. The van der Waals surface area contributed by atoms with Crippen molar-refractivity contribution in [1.29, 1.82) is 5.26 Å². The number of benzene rings is 2. The second-order valence-electron chi connectivity index (χ2n) is 8.69. The highest BCUT2D eigenvalue weighted by Gasteiger charge is 2.27. The van der Waals surface area contributed by atoms with Crippen molar-refractivity contribution in [3.63, 3.8) is 0 Å². The molecule has 7 heteroatoms. The summed E-state index contributed by atoms with van der Waals surface area (Å²) in [5.74, 6) is 0.0933. The number of piperidine rings is 1. The predicted octanol–water partition coefficient (Wildman–Crippen LogP) is 4.65. The molecule has 2 aromatic carbocycles. The van der Waals surface area contributed by atoms with Crippen molar-refractivity contribution in [3.05, 3.63) is 87.9 Å². The van der Waals surface area contributed by atoms with E-state index < -0.39 is 0 Å². The number of rotatable bonds is 7. The third-order valence-electron chi connectivity index (χ3n) is 6.15. The molecule has 1 N–H and O–H groups in total. The first-order chi connectivity index (χ1) is 16.0. The van der Waals surface area contributed by atoms with Gasteiger partial charge in [0.2, 0.25) is 5.91 Å². The van der Waals surface area contributed by atoms with Gasteiger partial charge in [-0.05, 0) is 61.7 Å². The summed E-state index contributed by atoms with van der Waals surface area (Å²) < 4.78 is 3.13. The number of carbonyl (C=O) groups excluding carboxylic acids is 1. The molecule has 1 aliphatic heterocycles. The number of hydrogen-bond donors (Lipinski definition) is 1. The first kappa shape index (κ1) is 23.2. The Bertz CT molecular complexity index is 1130. The molecule has 1 aliphatic rings. The van der Waals surface area contributed by atoms with Gasteiger partial charge in [-0.25, -0.2) is 4.98 Å². The lowest BCUT2D eigenvalue weighted by Gasteiger charge is -2.32. The largest absolute Gasteiger partial charge is 0.348 e. The quantitative estimate of drug-likeness (QED) is 0.506. The third kappa shape index (κ3) is 6.10. The maximum atomic E-state index is 13.1. The van der Waals surface area contributed by atoms with E-state index in [1.165, 1.54) is 5.56 Å². The van der Waals surface area contributed by atoms with Gasteiger partial charge in [-0.15, -0.1) is 0 Å². The molecule has 0 saturated carbocycles. The van der Waals surface area contributed by atoms with Crippen LogP contribution in [0, 0.1) is 17.2 Å². The Morgan fingerprint density at radius 3 is 2.82 bits per heavy atom. The molecular formula is C26H28BrN5O. The number of likely N-dealkylation sites (tertiary alicyclic amines) is 1. The summed E-state index contributed by atoms with van der Waals surface area (Å²) in [5.41, 5.74) is 3.95. The topological polar surface area (TPSA) is 74.0 Å². The van der Waals surface area contributed by atoms with Crippen molar-refractivity contribution in [3.8, 4) is 6.07 Å². The van der Waals surface area contributed by atoms with Crippen molar-refractivity contribution >= 4 is 21.8 Å². The molecule has 1 aromatic heterocycles. The number of carbonyl (C=O) groups is 1. The zero-order chi connectivity index (χ0) is 23.2. The lowest BCUT2D eigenvalue weighted by atomic mass is 9.96. The molecule has 1 fully saturated rings. The van der Waals surface area contributed by atoms with E-state index in [0.717, 1.165) is 48.2 Å². The highest BCUT2D eigenvalue weighted by atomic mass is 79.9. The van der Waals surface area contributed by atoms with E-state index in [1.54, 1.807) is 6.33 Å². The van der Waals surface area contributed by atoms with Crippen LogP contribution in [0.25, 0.3) is 0 Å². The number of nitrogens with one attached hydrogen (secondary N) is 1. The van der Waals surface area contributed by atoms with E-state index in [1.807, 2.05) is 48.0 Å². The normalized spacial score (nSPS) is 17.3. The summed E-state index contributed by atoms with van der Waals surface area (Å²) in [5, 5.41) is 12.2. The first-order valence-corrected chi connectivity index (χ1v) is 12.1. The number of nitriles is 1. The van der Waals surface area contributed by atoms with E-state index in [4.69, 9.17) is 5.26 Å². The van der Waals surface area contributed by atoms with Gasteiger partial charge in [0.1, 0.15) is 0 Å². The van der Waals surface area contributed by atoms with E-state index in [-0.39, 0.29) is 17.9 Å². The standard InChI is InChI=1S/C26H28BrN5O/c1-19(25-14-29-18-32(25)16-21-9-7-20(13-28)8-10-21)30-26(33)23-5-3-11-31(17-23)15-22-4-2-6-24(27)12-22/h2,4,6-10,12,14,18-19,23H,3,5,11,15-17H2,1H3,(H,30,33)/t19-,23?/m0/s1. The van der Waals surface area contributed by atoms with E-state index in [9.17, 15) is 4.79 Å². The minimum atomic E-state index is -0.140. The Morgan fingerprint density at radius 2 is 2.06 bits per heavy atom. The Balaban J connectivity index is 1.35. The average Bonchev–Trinajstić information content (AvgIpc) is 3.28. The highest BCUT2D eigenvalue weighted by Crippen LogP contribution is 2.22. The molecule has 0 radical (unpaired) electrons. The molecule has 170 valence electrons. The average molecular weight is 506 g/mol. The Morgan fingerprint density at radius 1 is 1.24 bits per heavy atom. The van der Waals surface area contributed by atoms with Crippen LogP contribution in [0.3, 0.4) is 0 Å². The Hall–Kier alpha value is -2.95. The lowest BCUT2D eigenvalue weighted by molar-refractivity contribution is -0.127. The Labute approximate surface area is 203 Å². The molecule has 1 amide bonds. The molecule has 3 aromatic rings. The van der Waals surface area contributed by atoms with Gasteiger partial charge in [0.25, 0.3) is 0 Å². The molecular weight excluding hydrogens is 478 g/mol. The molecule has 2 heterocycles. The fourth-order valence-electron chi connectivity index (χ4n) is 4.42. The van der Waals surface area contributed by atoms with Crippen LogP contribution in [0.15, 0.2) is 65.5 Å². The summed E-state index contributed by atoms with van der Waals surface area (Å²) >= 11 is 3.54. The van der Waals surface area contributed by atoms with E-state index >= 15 is 0 Å². The fraction of sp³-hybridized carbons (Fsp3) is 0.346. The second-order valence-corrected chi connectivity index (χ2v) is 9.61. The Kier molecular flexibility index (Phi) is 7.58. The highest BCUT2D eigenvalue weighted by molar-refractivity contribution is 9.10. The van der Waals surface area contributed by atoms with Crippen LogP contribution < -0.4 is 5.32 Å². The van der Waals surface area contributed by atoms with Crippen LogP contribution in [0.1, 0.15) is 48.2 Å². The summed E-state index contributed by atoms with van der Waals surface area (Å²) in [6, 6.07) is 17.9. The van der Waals surface area contributed by atoms with Gasteiger partial charge in [-0.1, -0.05) is 40.2 Å². The van der Waals surface area contributed by atoms with Crippen LogP contribution in [0.5, 0.6) is 0 Å². The van der Waals surface area contributed by atoms with Crippen molar-refractivity contribution in [2.45, 2.75) is 38.9 Å². The number of halogens is 1. The number of aromatic nitrogens is 2. The monoisotopic (exact) mass is 505 g/mol. The van der Waals surface area contributed by atoms with Crippen molar-refractivity contribution in [1.82, 2.24) is 19.8 Å². The summed E-state index contributed by atoms with van der Waals surface area (Å²) in [6.45, 7) is 5.30. The lowest BCUT2D eigenvalue weighted by Crippen LogP contribution is -2.43. The fourth-order valence-corrected chi connectivity index (χ4v) is 4.86. The molecule has 2 atom stereocenters. The molecule has 0 bridgehead atoms. The van der Waals surface area contributed by atoms with Gasteiger partial charge in [0, 0.05) is 24.1 Å². The maximum Gasteiger partial charge on any atom is 0.224 e. The smallest absolute Gasteiger partial charge is 0.224 e. The molecule has 0 aliphatic carbocycles. The van der Waals surface area contributed by atoms with Gasteiger partial charge in [0.15, 0.2) is 0 Å². The number of imidazole rings is 1. The van der Waals surface area contributed by atoms with Crippen LogP contribution in [-0.4, -0.2) is 33.4 Å². The van der Waals surface area contributed by atoms with Gasteiger partial charge in [-0.2, -0.15) is 5.26 Å². The SMILES string of the molecule is C[C@H](NC(=O)C1CCCN(Cc2cccc(Br)c2)C1)c1cncn1Cc1ccc(C#N)cc1. The zero-order valence-corrected chi connectivity index (χ0v) is 20.3. The summed E-state index contributed by atoms with van der Waals surface area (Å²) in [6.07, 6.45) is 5.54. The number of amides is 1. The van der Waals surface area contributed by atoms with E-state index in [0.29, 0.717) is 12.1 Å². The van der Waals surface area contributed by atoms with Crippen LogP contribution in [0.2, 0.25) is 0 Å². The molecule has 1 saturated heterocycles. The minimum absolute atomic E-state index is 0.0109. The van der Waals surface area contributed by atoms with Crippen LogP contribution >= 0.6 is 15.9 Å². The maximum absolute atomic E-state index is 13.1. The van der Waals surface area contributed by atoms with Crippen molar-refractivity contribution in [2.24, 2.45) is 5.92 Å². The van der Waals surface area contributed by atoms with Gasteiger partial charge in [-0.3, -0.25) is 9.69 Å². The van der Waals surface area contributed by atoms with Crippen LogP contribution in [-0.2, 0) is 17.9 Å². The van der Waals surface area contributed by atoms with Gasteiger partial charge >= 0.3 is 0 Å². The van der Waals surface area contributed by atoms with Gasteiger partial charge < -0.3 is 9.88 Å². The first-order valence-electron chi connectivity index (χ1n) is 11.3. The predicted molar refractivity (Wildman–Crippen MR) is 131 cm³/mol. The second kappa shape index (κ2) is 10.8. The van der Waals surface area contributed by atoms with Crippen molar-refractivity contribution in [2.75, 3.05) is 13.1 Å². The zero-order valence-electron chi connectivity index (χ0n) is 18.7. The summed E-state index contributed by atoms with van der Waals surface area (Å²) in [4.78, 5) is 19.8. The minimum Gasteiger partial charge on any atom is -0.348 e. The van der Waals surface area contributed by atoms with Gasteiger partial charge in [0.05, 0.1) is 41.8 Å². The molecule has 33 heavy (non-hydrogen) atoms. The summed E-state index contributed by atoms with van der Waals surface area (Å²) in [7, 11) is 0. The third-order valence-corrected chi connectivity index (χ3v) is 6.65. The van der Waals surface area contributed by atoms with Crippen molar-refractivity contribution < 1.29 is 4.79 Å². The molecule has 1 unspecified atom stereocenters. The molecule has 0 spiro atoms. The van der Waals surface area contributed by atoms with E-state index in [2.05, 4.69) is 55.4 Å². The number of hydrogen-bond acceptors (Lipinski definition) is 4. The molecule has 6 nitrogen and oxygen atoms in total.